The maximum atomic E-state index is 12.8. The number of rotatable bonds is 3. The molecule has 4 heteroatoms. The molecule has 0 spiro atoms. The third-order valence-corrected chi connectivity index (χ3v) is 3.44. The van der Waals surface area contributed by atoms with Crippen LogP contribution in [0.3, 0.4) is 0 Å². The van der Waals surface area contributed by atoms with Crippen molar-refractivity contribution in [2.24, 2.45) is 0 Å². The Labute approximate surface area is 105 Å². The van der Waals surface area contributed by atoms with Crippen molar-refractivity contribution in [1.82, 2.24) is 5.32 Å². The minimum atomic E-state index is -0.732. The predicted molar refractivity (Wildman–Crippen MR) is 65.7 cm³/mol. The fraction of sp³-hybridized carbons (Fsp3) is 0.429. The highest BCUT2D eigenvalue weighted by atomic mass is 19.1. The molecule has 0 aliphatic heterocycles. The quantitative estimate of drug-likeness (QED) is 0.836. The first-order chi connectivity index (χ1) is 8.65. The third kappa shape index (κ3) is 2.75. The van der Waals surface area contributed by atoms with Crippen LogP contribution >= 0.6 is 0 Å². The lowest BCUT2D eigenvalue weighted by Crippen LogP contribution is -2.51. The normalized spacial score (nSPS) is 18.1. The number of carbonyl (C=O) groups excluding carboxylic acids is 2. The predicted octanol–water partition coefficient (Wildman–Crippen LogP) is 2.46. The molecular formula is C14H16FNO2. The van der Waals surface area contributed by atoms with Crippen molar-refractivity contribution >= 4 is 12.2 Å². The second-order valence-electron chi connectivity index (χ2n) is 4.80. The summed E-state index contributed by atoms with van der Waals surface area (Å²) in [5, 5.41) is 2.79. The van der Waals surface area contributed by atoms with Gasteiger partial charge in [-0.2, -0.15) is 0 Å². The van der Waals surface area contributed by atoms with Gasteiger partial charge in [0.05, 0.1) is 5.54 Å². The molecule has 1 aliphatic rings. The molecule has 1 aliphatic carbocycles. The molecule has 18 heavy (non-hydrogen) atoms. The van der Waals surface area contributed by atoms with Crippen molar-refractivity contribution in [3.05, 3.63) is 35.6 Å². The van der Waals surface area contributed by atoms with Gasteiger partial charge in [0.1, 0.15) is 12.1 Å². The van der Waals surface area contributed by atoms with E-state index in [0.717, 1.165) is 25.5 Å². The van der Waals surface area contributed by atoms with E-state index in [9.17, 15) is 14.0 Å². The van der Waals surface area contributed by atoms with Crippen LogP contribution in [0, 0.1) is 5.82 Å². The SMILES string of the molecule is O=CC1(NC(=O)c2ccc(F)cc2)CCCCC1. The van der Waals surface area contributed by atoms with Gasteiger partial charge in [-0.3, -0.25) is 4.79 Å². The Morgan fingerprint density at radius 1 is 1.17 bits per heavy atom. The number of nitrogens with one attached hydrogen (secondary N) is 1. The van der Waals surface area contributed by atoms with Crippen molar-refractivity contribution in [2.75, 3.05) is 0 Å². The molecule has 1 saturated carbocycles. The van der Waals surface area contributed by atoms with Gasteiger partial charge >= 0.3 is 0 Å². The summed E-state index contributed by atoms with van der Waals surface area (Å²) in [4.78, 5) is 23.2. The standard InChI is InChI=1S/C14H16FNO2/c15-12-6-4-11(5-7-12)13(18)16-14(10-17)8-2-1-3-9-14/h4-7,10H,1-3,8-9H2,(H,16,18). The molecule has 0 unspecified atom stereocenters. The van der Waals surface area contributed by atoms with Gasteiger partial charge in [0.2, 0.25) is 0 Å². The smallest absolute Gasteiger partial charge is 0.252 e. The van der Waals surface area contributed by atoms with Gasteiger partial charge < -0.3 is 10.1 Å². The van der Waals surface area contributed by atoms with Crippen molar-refractivity contribution in [2.45, 2.75) is 37.6 Å². The van der Waals surface area contributed by atoms with Crippen LogP contribution in [-0.4, -0.2) is 17.7 Å². The molecule has 1 fully saturated rings. The maximum Gasteiger partial charge on any atom is 0.252 e. The topological polar surface area (TPSA) is 46.2 Å². The number of hydrogen-bond acceptors (Lipinski definition) is 2. The second kappa shape index (κ2) is 5.29. The van der Waals surface area contributed by atoms with E-state index in [1.165, 1.54) is 24.3 Å². The van der Waals surface area contributed by atoms with E-state index in [-0.39, 0.29) is 11.7 Å². The molecule has 3 nitrogen and oxygen atoms in total. The summed E-state index contributed by atoms with van der Waals surface area (Å²) in [5.41, 5.74) is -0.354. The lowest BCUT2D eigenvalue weighted by atomic mass is 9.82. The molecular weight excluding hydrogens is 233 g/mol. The molecule has 1 aromatic carbocycles. The summed E-state index contributed by atoms with van der Waals surface area (Å²) < 4.78 is 12.8. The third-order valence-electron chi connectivity index (χ3n) is 3.44. The summed E-state index contributed by atoms with van der Waals surface area (Å²) >= 11 is 0. The van der Waals surface area contributed by atoms with Crippen LogP contribution in [0.15, 0.2) is 24.3 Å². The summed E-state index contributed by atoms with van der Waals surface area (Å²) in [7, 11) is 0. The van der Waals surface area contributed by atoms with Crippen LogP contribution in [0.4, 0.5) is 4.39 Å². The largest absolute Gasteiger partial charge is 0.340 e. The van der Waals surface area contributed by atoms with E-state index in [2.05, 4.69) is 5.32 Å². The van der Waals surface area contributed by atoms with Crippen LogP contribution in [0.25, 0.3) is 0 Å². The zero-order valence-corrected chi connectivity index (χ0v) is 10.1. The highest BCUT2D eigenvalue weighted by molar-refractivity contribution is 5.96. The van der Waals surface area contributed by atoms with Crippen LogP contribution in [0.1, 0.15) is 42.5 Å². The number of aldehydes is 1. The first kappa shape index (κ1) is 12.7. The van der Waals surface area contributed by atoms with Crippen LogP contribution in [0.2, 0.25) is 0 Å². The Balaban J connectivity index is 2.09. The molecule has 0 radical (unpaired) electrons. The van der Waals surface area contributed by atoms with E-state index >= 15 is 0 Å². The summed E-state index contributed by atoms with van der Waals surface area (Å²) in [5.74, 6) is -0.696. The minimum Gasteiger partial charge on any atom is -0.340 e. The molecule has 0 atom stereocenters. The van der Waals surface area contributed by atoms with Gasteiger partial charge in [0, 0.05) is 5.56 Å². The maximum absolute atomic E-state index is 12.8. The Bertz CT molecular complexity index is 436. The monoisotopic (exact) mass is 249 g/mol. The van der Waals surface area contributed by atoms with E-state index in [0.29, 0.717) is 18.4 Å². The average Bonchev–Trinajstić information content (AvgIpc) is 2.40. The highest BCUT2D eigenvalue weighted by Gasteiger charge is 2.33. The van der Waals surface area contributed by atoms with Gasteiger partial charge in [0.25, 0.3) is 5.91 Å². The molecule has 1 N–H and O–H groups in total. The highest BCUT2D eigenvalue weighted by Crippen LogP contribution is 2.26. The van der Waals surface area contributed by atoms with Gasteiger partial charge in [0.15, 0.2) is 0 Å². The van der Waals surface area contributed by atoms with Gasteiger partial charge in [-0.15, -0.1) is 0 Å². The molecule has 1 aromatic rings. The molecule has 0 aromatic heterocycles. The van der Waals surface area contributed by atoms with Gasteiger partial charge in [-0.25, -0.2) is 4.39 Å². The summed E-state index contributed by atoms with van der Waals surface area (Å²) in [6.45, 7) is 0. The summed E-state index contributed by atoms with van der Waals surface area (Å²) in [6, 6.07) is 5.32. The first-order valence-electron chi connectivity index (χ1n) is 6.20. The lowest BCUT2D eigenvalue weighted by Gasteiger charge is -2.32. The zero-order valence-electron chi connectivity index (χ0n) is 10.1. The molecule has 96 valence electrons. The van der Waals surface area contributed by atoms with E-state index in [1.54, 1.807) is 0 Å². The van der Waals surface area contributed by atoms with E-state index in [4.69, 9.17) is 0 Å². The average molecular weight is 249 g/mol. The van der Waals surface area contributed by atoms with Crippen LogP contribution < -0.4 is 5.32 Å². The fourth-order valence-corrected chi connectivity index (χ4v) is 2.35. The molecule has 2 rings (SSSR count). The molecule has 0 bridgehead atoms. The van der Waals surface area contributed by atoms with Crippen LogP contribution in [0.5, 0.6) is 0 Å². The molecule has 0 saturated heterocycles. The van der Waals surface area contributed by atoms with Gasteiger partial charge in [-0.05, 0) is 37.1 Å². The van der Waals surface area contributed by atoms with Crippen molar-refractivity contribution in [1.29, 1.82) is 0 Å². The molecule has 1 amide bonds. The van der Waals surface area contributed by atoms with Gasteiger partial charge in [-0.1, -0.05) is 19.3 Å². The van der Waals surface area contributed by atoms with Crippen molar-refractivity contribution in [3.63, 3.8) is 0 Å². The number of hydrogen-bond donors (Lipinski definition) is 1. The van der Waals surface area contributed by atoms with E-state index in [1.807, 2.05) is 0 Å². The van der Waals surface area contributed by atoms with Crippen molar-refractivity contribution in [3.8, 4) is 0 Å². The first-order valence-corrected chi connectivity index (χ1v) is 6.20. The summed E-state index contributed by atoms with van der Waals surface area (Å²) in [6.07, 6.45) is 5.20. The van der Waals surface area contributed by atoms with Crippen LogP contribution in [-0.2, 0) is 4.79 Å². The number of carbonyl (C=O) groups is 2. The number of halogens is 1. The Hall–Kier alpha value is -1.71. The number of amides is 1. The minimum absolute atomic E-state index is 0.316. The van der Waals surface area contributed by atoms with E-state index < -0.39 is 5.54 Å². The Morgan fingerprint density at radius 2 is 1.78 bits per heavy atom. The number of benzene rings is 1. The Morgan fingerprint density at radius 3 is 2.33 bits per heavy atom. The second-order valence-corrected chi connectivity index (χ2v) is 4.80. The van der Waals surface area contributed by atoms with Crippen molar-refractivity contribution < 1.29 is 14.0 Å². The Kier molecular flexibility index (Phi) is 3.75. The lowest BCUT2D eigenvalue weighted by molar-refractivity contribution is -0.114. The zero-order chi connectivity index (χ0) is 13.0. The molecule has 0 heterocycles. The fourth-order valence-electron chi connectivity index (χ4n) is 2.35.